The van der Waals surface area contributed by atoms with Crippen molar-refractivity contribution in [1.82, 2.24) is 0 Å². The lowest BCUT2D eigenvalue weighted by Gasteiger charge is -2.48. The van der Waals surface area contributed by atoms with Crippen LogP contribution in [0.5, 0.6) is 0 Å². The molecule has 2 fully saturated rings. The molecule has 2 saturated heterocycles. The summed E-state index contributed by atoms with van der Waals surface area (Å²) < 4.78 is 50.2. The molecule has 254 valence electrons. The highest BCUT2D eigenvalue weighted by molar-refractivity contribution is 7.99. The third-order valence-electron chi connectivity index (χ3n) is 6.57. The van der Waals surface area contributed by atoms with Crippen molar-refractivity contribution in [2.45, 2.75) is 100 Å². The topological polar surface area (TPSA) is 212 Å². The van der Waals surface area contributed by atoms with E-state index in [4.69, 9.17) is 48.4 Å². The molecule has 0 aromatic heterocycles. The SMILES string of the molecule is COC(=O)C1OC(Sc2ccccc2)C(OC(C)=O)C(OC(C)=O)C1OC1OC(COC(C)=O)C(OC(C)=O)C(OC(C)=O)C1N. The summed E-state index contributed by atoms with van der Waals surface area (Å²) in [5.74, 6) is -4.81. The summed E-state index contributed by atoms with van der Waals surface area (Å²) in [5, 5.41) is 0. The maximum absolute atomic E-state index is 13.1. The molecule has 1 aromatic rings. The van der Waals surface area contributed by atoms with Gasteiger partial charge in [-0.05, 0) is 12.1 Å². The summed E-state index contributed by atoms with van der Waals surface area (Å²) in [6.07, 6.45) is -11.7. The molecule has 2 aliphatic rings. The molecule has 0 amide bonds. The third-order valence-corrected chi connectivity index (χ3v) is 7.72. The number of hydrogen-bond acceptors (Lipinski definition) is 17. The zero-order valence-electron chi connectivity index (χ0n) is 26.0. The molecule has 46 heavy (non-hydrogen) atoms. The van der Waals surface area contributed by atoms with Gasteiger partial charge in [0, 0.05) is 39.5 Å². The molecule has 16 nitrogen and oxygen atoms in total. The van der Waals surface area contributed by atoms with Gasteiger partial charge >= 0.3 is 35.8 Å². The van der Waals surface area contributed by atoms with Crippen LogP contribution < -0.4 is 5.73 Å². The van der Waals surface area contributed by atoms with E-state index in [0.717, 1.165) is 53.5 Å². The lowest BCUT2D eigenvalue weighted by Crippen LogP contribution is -2.68. The highest BCUT2D eigenvalue weighted by Gasteiger charge is 2.57. The predicted octanol–water partition coefficient (Wildman–Crippen LogP) is 0.404. The minimum atomic E-state index is -1.61. The minimum absolute atomic E-state index is 0.488. The Hall–Kier alpha value is -3.77. The fraction of sp³-hybridized carbons (Fsp3) is 0.586. The van der Waals surface area contributed by atoms with Crippen LogP contribution in [0.3, 0.4) is 0 Å². The van der Waals surface area contributed by atoms with Crippen molar-refractivity contribution in [1.29, 1.82) is 0 Å². The monoisotopic (exact) mass is 671 g/mol. The Morgan fingerprint density at radius 1 is 0.717 bits per heavy atom. The number of esters is 6. The van der Waals surface area contributed by atoms with Gasteiger partial charge in [0.05, 0.1) is 13.2 Å². The summed E-state index contributed by atoms with van der Waals surface area (Å²) in [6, 6.07) is 7.41. The molecule has 2 aliphatic heterocycles. The van der Waals surface area contributed by atoms with Gasteiger partial charge in [-0.2, -0.15) is 0 Å². The van der Waals surface area contributed by atoms with Crippen LogP contribution in [0.1, 0.15) is 34.6 Å². The smallest absolute Gasteiger partial charge is 0.337 e. The number of hydrogen-bond donors (Lipinski definition) is 1. The third kappa shape index (κ3) is 9.86. The van der Waals surface area contributed by atoms with Crippen LogP contribution in [0.25, 0.3) is 0 Å². The number of ether oxygens (including phenoxy) is 9. The first kappa shape index (κ1) is 36.7. The van der Waals surface area contributed by atoms with E-state index in [9.17, 15) is 28.8 Å². The summed E-state index contributed by atoms with van der Waals surface area (Å²) in [4.78, 5) is 74.1. The van der Waals surface area contributed by atoms with Crippen molar-refractivity contribution in [3.8, 4) is 0 Å². The zero-order chi connectivity index (χ0) is 34.1. The van der Waals surface area contributed by atoms with Gasteiger partial charge in [0.1, 0.15) is 24.3 Å². The van der Waals surface area contributed by atoms with Crippen molar-refractivity contribution in [2.75, 3.05) is 13.7 Å². The number of carbonyl (C=O) groups is 6. The van der Waals surface area contributed by atoms with Gasteiger partial charge in [0.15, 0.2) is 36.8 Å². The molecule has 17 heteroatoms. The predicted molar refractivity (Wildman–Crippen MR) is 153 cm³/mol. The molecule has 10 atom stereocenters. The number of thioether (sulfide) groups is 1. The first-order chi connectivity index (χ1) is 21.7. The highest BCUT2D eigenvalue weighted by Crippen LogP contribution is 2.39. The quantitative estimate of drug-likeness (QED) is 0.249. The van der Waals surface area contributed by atoms with Gasteiger partial charge in [-0.1, -0.05) is 30.0 Å². The maximum atomic E-state index is 13.1. The molecular weight excluding hydrogens is 634 g/mol. The summed E-state index contributed by atoms with van der Waals surface area (Å²) >= 11 is 1.08. The molecule has 2 N–H and O–H groups in total. The zero-order valence-corrected chi connectivity index (χ0v) is 26.8. The minimum Gasteiger partial charge on any atom is -0.467 e. The number of rotatable bonds is 11. The Kier molecular flexibility index (Phi) is 13.3. The standard InChI is InChI=1S/C29H37NO15S/c1-13(31)38-12-19-21(39-14(2)32)22(40-15(3)33)20(30)28(43-19)44-23-24(41-16(4)34)26(42-17(5)35)29(45-25(23)27(36)37-6)46-18-10-8-7-9-11-18/h7-11,19-26,28-29H,12,30H2,1-6H3. The fourth-order valence-electron chi connectivity index (χ4n) is 4.85. The average molecular weight is 672 g/mol. The normalized spacial score (nSPS) is 30.7. The maximum Gasteiger partial charge on any atom is 0.337 e. The van der Waals surface area contributed by atoms with Crippen LogP contribution in [0.2, 0.25) is 0 Å². The van der Waals surface area contributed by atoms with Crippen molar-refractivity contribution >= 4 is 47.6 Å². The van der Waals surface area contributed by atoms with Crippen LogP contribution >= 0.6 is 11.8 Å². The van der Waals surface area contributed by atoms with E-state index in [1.54, 1.807) is 30.3 Å². The molecule has 1 aromatic carbocycles. The second-order valence-corrected chi connectivity index (χ2v) is 11.4. The van der Waals surface area contributed by atoms with Crippen molar-refractivity contribution in [3.63, 3.8) is 0 Å². The lowest BCUT2D eigenvalue weighted by atomic mass is 9.95. The summed E-state index contributed by atoms with van der Waals surface area (Å²) in [6.45, 7) is 5.08. The molecule has 3 rings (SSSR count). The van der Waals surface area contributed by atoms with Gasteiger partial charge < -0.3 is 48.4 Å². The van der Waals surface area contributed by atoms with E-state index in [0.29, 0.717) is 4.90 Å². The van der Waals surface area contributed by atoms with E-state index >= 15 is 0 Å². The van der Waals surface area contributed by atoms with Crippen molar-refractivity contribution in [3.05, 3.63) is 30.3 Å². The van der Waals surface area contributed by atoms with Crippen LogP contribution in [0, 0.1) is 0 Å². The highest BCUT2D eigenvalue weighted by atomic mass is 32.2. The molecule has 0 radical (unpaired) electrons. The Morgan fingerprint density at radius 3 is 1.80 bits per heavy atom. The van der Waals surface area contributed by atoms with E-state index in [1.807, 2.05) is 0 Å². The largest absolute Gasteiger partial charge is 0.467 e. The van der Waals surface area contributed by atoms with Crippen LogP contribution in [0.15, 0.2) is 35.2 Å². The second-order valence-electron chi connectivity index (χ2n) is 10.2. The van der Waals surface area contributed by atoms with Gasteiger partial charge in [0.2, 0.25) is 0 Å². The van der Waals surface area contributed by atoms with Gasteiger partial charge in [-0.25, -0.2) is 4.79 Å². The first-order valence-corrected chi connectivity index (χ1v) is 14.9. The molecule has 0 saturated carbocycles. The molecule has 0 spiro atoms. The first-order valence-electron chi connectivity index (χ1n) is 14.1. The van der Waals surface area contributed by atoms with Crippen molar-refractivity contribution < 1.29 is 71.4 Å². The van der Waals surface area contributed by atoms with E-state index in [-0.39, 0.29) is 0 Å². The Bertz CT molecular complexity index is 1260. The molecule has 0 aliphatic carbocycles. The number of carbonyl (C=O) groups excluding carboxylic acids is 6. The van der Waals surface area contributed by atoms with Gasteiger partial charge in [-0.15, -0.1) is 0 Å². The van der Waals surface area contributed by atoms with E-state index in [2.05, 4.69) is 0 Å². The summed E-state index contributed by atoms with van der Waals surface area (Å²) in [5.41, 5.74) is 5.33. The summed E-state index contributed by atoms with van der Waals surface area (Å²) in [7, 11) is 1.10. The van der Waals surface area contributed by atoms with Crippen LogP contribution in [-0.2, 0) is 71.4 Å². The molecular formula is C29H37NO15S. The molecule has 2 heterocycles. The average Bonchev–Trinajstić information content (AvgIpc) is 2.97. The lowest BCUT2D eigenvalue weighted by molar-refractivity contribution is -0.315. The Labute approximate surface area is 268 Å². The van der Waals surface area contributed by atoms with Gasteiger partial charge in [-0.3, -0.25) is 24.0 Å². The molecule has 10 unspecified atom stereocenters. The van der Waals surface area contributed by atoms with Crippen LogP contribution in [-0.4, -0.2) is 110 Å². The Morgan fingerprint density at radius 2 is 1.26 bits per heavy atom. The van der Waals surface area contributed by atoms with Gasteiger partial charge in [0.25, 0.3) is 0 Å². The van der Waals surface area contributed by atoms with E-state index in [1.165, 1.54) is 0 Å². The number of methoxy groups -OCH3 is 1. The Balaban J connectivity index is 2.07. The van der Waals surface area contributed by atoms with E-state index < -0.39 is 103 Å². The number of benzene rings is 1. The number of nitrogens with two attached hydrogens (primary N) is 1. The van der Waals surface area contributed by atoms with Crippen molar-refractivity contribution in [2.24, 2.45) is 5.73 Å². The van der Waals surface area contributed by atoms with Crippen LogP contribution in [0.4, 0.5) is 0 Å². The fourth-order valence-corrected chi connectivity index (χ4v) is 5.95. The molecule has 0 bridgehead atoms. The second kappa shape index (κ2) is 16.7.